The van der Waals surface area contributed by atoms with Crippen LogP contribution in [-0.4, -0.2) is 56.5 Å². The van der Waals surface area contributed by atoms with Gasteiger partial charge in [-0.15, -0.1) is 0 Å². The molecule has 2 aliphatic heterocycles. The molecule has 38 heavy (non-hydrogen) atoms. The molecule has 200 valence electrons. The molecule has 11 heteroatoms. The third kappa shape index (κ3) is 4.44. The molecule has 0 bridgehead atoms. The highest BCUT2D eigenvalue weighted by molar-refractivity contribution is 6.06. The van der Waals surface area contributed by atoms with Crippen molar-refractivity contribution in [1.29, 1.82) is 0 Å². The van der Waals surface area contributed by atoms with Crippen LogP contribution in [0.4, 0.5) is 10.5 Å². The molecule has 0 spiro atoms. The van der Waals surface area contributed by atoms with Crippen molar-refractivity contribution in [2.75, 3.05) is 19.5 Å². The van der Waals surface area contributed by atoms with E-state index in [1.54, 1.807) is 57.2 Å². The smallest absolute Gasteiger partial charge is 0.496 e. The van der Waals surface area contributed by atoms with Crippen LogP contribution in [0.25, 0.3) is 11.0 Å². The molecule has 1 N–H and O–H groups in total. The Bertz CT molecular complexity index is 1460. The van der Waals surface area contributed by atoms with Gasteiger partial charge in [-0.25, -0.2) is 9.59 Å². The molecule has 1 amide bonds. The fourth-order valence-electron chi connectivity index (χ4n) is 4.83. The molecule has 11 nitrogen and oxygen atoms in total. The number of amides is 1. The predicted octanol–water partition coefficient (Wildman–Crippen LogP) is 3.80. The van der Waals surface area contributed by atoms with Crippen molar-refractivity contribution in [3.05, 3.63) is 64.0 Å². The van der Waals surface area contributed by atoms with Crippen LogP contribution in [0.3, 0.4) is 0 Å². The molecule has 3 aromatic rings. The van der Waals surface area contributed by atoms with Gasteiger partial charge in [-0.2, -0.15) is 0 Å². The summed E-state index contributed by atoms with van der Waals surface area (Å²) in [6.45, 7) is 5.31. The van der Waals surface area contributed by atoms with Crippen LogP contribution in [-0.2, 0) is 18.9 Å². The van der Waals surface area contributed by atoms with E-state index >= 15 is 0 Å². The summed E-state index contributed by atoms with van der Waals surface area (Å²) < 4.78 is 39.2. The van der Waals surface area contributed by atoms with E-state index in [9.17, 15) is 14.4 Å². The fourth-order valence-corrected chi connectivity index (χ4v) is 4.83. The van der Waals surface area contributed by atoms with Gasteiger partial charge in [0.25, 0.3) is 5.91 Å². The lowest BCUT2D eigenvalue weighted by Crippen LogP contribution is -2.62. The van der Waals surface area contributed by atoms with Crippen molar-refractivity contribution in [1.82, 2.24) is 0 Å². The lowest BCUT2D eigenvalue weighted by atomic mass is 9.89. The number of rotatable bonds is 6. The Hall–Kier alpha value is -4.09. The van der Waals surface area contributed by atoms with Gasteiger partial charge >= 0.3 is 11.8 Å². The topological polar surface area (TPSA) is 132 Å². The first-order valence-electron chi connectivity index (χ1n) is 11.9. The summed E-state index contributed by atoms with van der Waals surface area (Å²) >= 11 is 0. The molecular weight excluding hydrogens is 498 g/mol. The van der Waals surface area contributed by atoms with Gasteiger partial charge in [0.2, 0.25) is 12.4 Å². The van der Waals surface area contributed by atoms with Crippen molar-refractivity contribution >= 4 is 28.7 Å². The summed E-state index contributed by atoms with van der Waals surface area (Å²) in [7, 11) is 2.96. The lowest BCUT2D eigenvalue weighted by Gasteiger charge is -2.45. The van der Waals surface area contributed by atoms with Crippen LogP contribution in [0, 0.1) is 6.92 Å². The van der Waals surface area contributed by atoms with Crippen molar-refractivity contribution in [2.45, 2.75) is 51.0 Å². The van der Waals surface area contributed by atoms with Gasteiger partial charge in [0, 0.05) is 18.1 Å². The first-order valence-corrected chi connectivity index (χ1v) is 11.9. The molecule has 3 heterocycles. The number of methoxy groups -OCH3 is 2. The first-order chi connectivity index (χ1) is 18.1. The standard InChI is InChI=1S/C27H27NO10/c1-13-17(34-25-21-20(36-26(31)37-21)22(33-5)27(2,3)38-25)11-10-14-12-16(24(30)35-19(13)14)28-23(29)15-8-6-7-9-18(15)32-4/h6-12,20-22,25H,1-5H3,(H,28,29)/t20-,21+,22-,25-/m1/s1. The maximum absolute atomic E-state index is 12.8. The number of benzene rings is 2. The van der Waals surface area contributed by atoms with Gasteiger partial charge in [-0.05, 0) is 51.1 Å². The number of aryl methyl sites for hydroxylation is 1. The van der Waals surface area contributed by atoms with Crippen molar-refractivity contribution in [2.24, 2.45) is 0 Å². The second-order valence-electron chi connectivity index (χ2n) is 9.49. The third-order valence-electron chi connectivity index (χ3n) is 6.66. The maximum atomic E-state index is 12.8. The summed E-state index contributed by atoms with van der Waals surface area (Å²) in [5.41, 5.74) is -0.571. The first kappa shape index (κ1) is 25.6. The summed E-state index contributed by atoms with van der Waals surface area (Å²) in [5, 5.41) is 3.15. The van der Waals surface area contributed by atoms with Gasteiger partial charge in [0.05, 0.1) is 18.3 Å². The number of para-hydroxylation sites is 1. The minimum atomic E-state index is -1.00. The summed E-state index contributed by atoms with van der Waals surface area (Å²) in [6.07, 6.45) is -4.00. The summed E-state index contributed by atoms with van der Waals surface area (Å²) in [4.78, 5) is 37.5. The van der Waals surface area contributed by atoms with Crippen LogP contribution in [0.2, 0.25) is 0 Å². The fraction of sp³-hybridized carbons (Fsp3) is 0.370. The number of ether oxygens (including phenoxy) is 6. The zero-order valence-electron chi connectivity index (χ0n) is 21.4. The molecule has 2 aliphatic rings. The monoisotopic (exact) mass is 525 g/mol. The van der Waals surface area contributed by atoms with Gasteiger partial charge in [0.1, 0.15) is 28.9 Å². The van der Waals surface area contributed by atoms with Crippen LogP contribution >= 0.6 is 0 Å². The number of carbonyl (C=O) groups is 2. The number of nitrogens with one attached hydrogen (secondary N) is 1. The molecule has 2 saturated heterocycles. The van der Waals surface area contributed by atoms with Crippen LogP contribution in [0.5, 0.6) is 11.5 Å². The molecule has 0 saturated carbocycles. The molecule has 5 rings (SSSR count). The van der Waals surface area contributed by atoms with Crippen molar-refractivity contribution in [3.8, 4) is 11.5 Å². The zero-order valence-corrected chi connectivity index (χ0v) is 21.4. The minimum Gasteiger partial charge on any atom is -0.496 e. The van der Waals surface area contributed by atoms with Gasteiger partial charge in [-0.3, -0.25) is 4.79 Å². The average molecular weight is 526 g/mol. The summed E-state index contributed by atoms with van der Waals surface area (Å²) in [5.74, 6) is 0.211. The van der Waals surface area contributed by atoms with Crippen molar-refractivity contribution < 1.29 is 42.4 Å². The SMILES string of the molecule is COc1ccccc1C(=O)Nc1cc2ccc(O[C@@H]3OC(C)(C)[C@H](OC)[C@@H]4OC(=O)O[C@H]34)c(C)c2oc1=O. The third-order valence-corrected chi connectivity index (χ3v) is 6.66. The Morgan fingerprint density at radius 3 is 2.47 bits per heavy atom. The second kappa shape index (κ2) is 9.66. The number of carbonyl (C=O) groups excluding carboxylic acids is 2. The highest BCUT2D eigenvalue weighted by Crippen LogP contribution is 2.39. The van der Waals surface area contributed by atoms with E-state index in [2.05, 4.69) is 5.32 Å². The Morgan fingerprint density at radius 2 is 1.74 bits per heavy atom. The molecule has 1 aromatic heterocycles. The normalized spacial score (nSPS) is 23.8. The summed E-state index contributed by atoms with van der Waals surface area (Å²) in [6, 6.07) is 11.5. The molecule has 0 aliphatic carbocycles. The quantitative estimate of drug-likeness (QED) is 0.374. The van der Waals surface area contributed by atoms with Crippen molar-refractivity contribution in [3.63, 3.8) is 0 Å². The van der Waals surface area contributed by atoms with E-state index < -0.39 is 47.9 Å². The molecule has 4 atom stereocenters. The Morgan fingerprint density at radius 1 is 1.00 bits per heavy atom. The van der Waals surface area contributed by atoms with Crippen LogP contribution in [0.15, 0.2) is 51.7 Å². The number of fused-ring (bicyclic) bond motifs is 2. The Labute approximate surface area is 217 Å². The van der Waals surface area contributed by atoms with E-state index in [0.717, 1.165) is 0 Å². The van der Waals surface area contributed by atoms with Gasteiger partial charge in [0.15, 0.2) is 6.10 Å². The van der Waals surface area contributed by atoms with E-state index in [-0.39, 0.29) is 16.8 Å². The molecular formula is C27H27NO10. The predicted molar refractivity (Wildman–Crippen MR) is 134 cm³/mol. The maximum Gasteiger partial charge on any atom is 0.509 e. The molecule has 2 aromatic carbocycles. The van der Waals surface area contributed by atoms with Crippen LogP contribution in [0.1, 0.15) is 29.8 Å². The lowest BCUT2D eigenvalue weighted by molar-refractivity contribution is -0.282. The Balaban J connectivity index is 1.42. The van der Waals surface area contributed by atoms with E-state index in [1.807, 2.05) is 0 Å². The minimum absolute atomic E-state index is 0.0256. The van der Waals surface area contributed by atoms with E-state index in [1.165, 1.54) is 20.3 Å². The van der Waals surface area contributed by atoms with E-state index in [4.69, 9.17) is 32.8 Å². The van der Waals surface area contributed by atoms with Crippen LogP contribution < -0.4 is 20.4 Å². The molecule has 0 unspecified atom stereocenters. The highest BCUT2D eigenvalue weighted by atomic mass is 16.8. The molecule has 2 fully saturated rings. The van der Waals surface area contributed by atoms with E-state index in [0.29, 0.717) is 22.4 Å². The zero-order chi connectivity index (χ0) is 27.2. The van der Waals surface area contributed by atoms with Gasteiger partial charge < -0.3 is 38.2 Å². The Kier molecular flexibility index (Phi) is 6.49. The number of hydrogen-bond donors (Lipinski definition) is 1. The second-order valence-corrected chi connectivity index (χ2v) is 9.49. The average Bonchev–Trinajstić information content (AvgIpc) is 3.27. The molecule has 0 radical (unpaired) electrons. The number of hydrogen-bond acceptors (Lipinski definition) is 10. The largest absolute Gasteiger partial charge is 0.509 e. The number of anilines is 1. The highest BCUT2D eigenvalue weighted by Gasteiger charge is 2.59. The van der Waals surface area contributed by atoms with Gasteiger partial charge in [-0.1, -0.05) is 12.1 Å².